The maximum Gasteiger partial charge on any atom is 0.240 e. The molecule has 1 aromatic heterocycles. The van der Waals surface area contributed by atoms with Crippen LogP contribution in [0.5, 0.6) is 0 Å². The SMILES string of the molecule is Cc1ccc(C)c(S(=O)(=O)NCC(O)c2cn(C)c3ccccc23)c1. The predicted molar refractivity (Wildman–Crippen MR) is 99.0 cm³/mol. The summed E-state index contributed by atoms with van der Waals surface area (Å²) in [7, 11) is -1.78. The van der Waals surface area contributed by atoms with Crippen molar-refractivity contribution in [3.63, 3.8) is 0 Å². The number of fused-ring (bicyclic) bond motifs is 1. The molecule has 1 heterocycles. The van der Waals surface area contributed by atoms with Gasteiger partial charge in [0.1, 0.15) is 0 Å². The summed E-state index contributed by atoms with van der Waals surface area (Å²) in [6.07, 6.45) is 0.910. The normalized spacial score (nSPS) is 13.3. The maximum absolute atomic E-state index is 12.6. The molecule has 5 nitrogen and oxygen atoms in total. The van der Waals surface area contributed by atoms with Gasteiger partial charge in [0.2, 0.25) is 10.0 Å². The Hall–Kier alpha value is -2.15. The number of nitrogens with one attached hydrogen (secondary N) is 1. The highest BCUT2D eigenvalue weighted by molar-refractivity contribution is 7.89. The second kappa shape index (κ2) is 6.63. The minimum atomic E-state index is -3.68. The van der Waals surface area contributed by atoms with Gasteiger partial charge in [-0.25, -0.2) is 13.1 Å². The molecule has 132 valence electrons. The van der Waals surface area contributed by atoms with Gasteiger partial charge in [0.15, 0.2) is 0 Å². The van der Waals surface area contributed by atoms with Crippen molar-refractivity contribution in [2.24, 2.45) is 7.05 Å². The second-order valence-electron chi connectivity index (χ2n) is 6.35. The Kier molecular flexibility index (Phi) is 4.69. The Balaban J connectivity index is 1.84. The molecule has 1 atom stereocenters. The minimum Gasteiger partial charge on any atom is -0.387 e. The zero-order valence-electron chi connectivity index (χ0n) is 14.5. The van der Waals surface area contributed by atoms with Crippen molar-refractivity contribution in [1.29, 1.82) is 0 Å². The highest BCUT2D eigenvalue weighted by atomic mass is 32.2. The van der Waals surface area contributed by atoms with Crippen molar-refractivity contribution >= 4 is 20.9 Å². The van der Waals surface area contributed by atoms with E-state index in [1.54, 1.807) is 19.1 Å². The van der Waals surface area contributed by atoms with Crippen LogP contribution in [0, 0.1) is 13.8 Å². The first kappa shape index (κ1) is 17.7. The Morgan fingerprint density at radius 1 is 1.16 bits per heavy atom. The fourth-order valence-corrected chi connectivity index (χ4v) is 4.38. The number of sulfonamides is 1. The molecular formula is C19H22N2O3S. The molecule has 25 heavy (non-hydrogen) atoms. The molecule has 0 aliphatic heterocycles. The molecule has 2 N–H and O–H groups in total. The van der Waals surface area contributed by atoms with Crippen LogP contribution in [0.1, 0.15) is 22.8 Å². The van der Waals surface area contributed by atoms with Crippen molar-refractivity contribution < 1.29 is 13.5 Å². The lowest BCUT2D eigenvalue weighted by Gasteiger charge is -2.13. The van der Waals surface area contributed by atoms with Crippen LogP contribution in [0.4, 0.5) is 0 Å². The number of hydrogen-bond acceptors (Lipinski definition) is 3. The van der Waals surface area contributed by atoms with E-state index in [4.69, 9.17) is 0 Å². The van der Waals surface area contributed by atoms with E-state index < -0.39 is 16.1 Å². The fraction of sp³-hybridized carbons (Fsp3) is 0.263. The van der Waals surface area contributed by atoms with Crippen molar-refractivity contribution in [1.82, 2.24) is 9.29 Å². The van der Waals surface area contributed by atoms with Gasteiger partial charge in [0.25, 0.3) is 0 Å². The average Bonchev–Trinajstić information content (AvgIpc) is 2.92. The van der Waals surface area contributed by atoms with Crippen LogP contribution in [0.15, 0.2) is 53.6 Å². The van der Waals surface area contributed by atoms with Gasteiger partial charge in [0, 0.05) is 36.3 Å². The summed E-state index contributed by atoms with van der Waals surface area (Å²) >= 11 is 0. The summed E-state index contributed by atoms with van der Waals surface area (Å²) in [5, 5.41) is 11.4. The molecule has 3 aromatic rings. The second-order valence-corrected chi connectivity index (χ2v) is 8.08. The summed E-state index contributed by atoms with van der Waals surface area (Å²) in [6.45, 7) is 3.53. The highest BCUT2D eigenvalue weighted by Gasteiger charge is 2.20. The predicted octanol–water partition coefficient (Wildman–Crippen LogP) is 2.81. The monoisotopic (exact) mass is 358 g/mol. The number of para-hydroxylation sites is 1. The van der Waals surface area contributed by atoms with E-state index >= 15 is 0 Å². The summed E-state index contributed by atoms with van der Waals surface area (Å²) < 4.78 is 29.6. The molecular weight excluding hydrogens is 336 g/mol. The van der Waals surface area contributed by atoms with Gasteiger partial charge < -0.3 is 9.67 Å². The molecule has 0 aliphatic rings. The average molecular weight is 358 g/mol. The number of aliphatic hydroxyl groups excluding tert-OH is 1. The molecule has 0 amide bonds. The lowest BCUT2D eigenvalue weighted by Crippen LogP contribution is -2.29. The molecule has 1 unspecified atom stereocenters. The number of aliphatic hydroxyl groups is 1. The van der Waals surface area contributed by atoms with E-state index in [-0.39, 0.29) is 11.4 Å². The van der Waals surface area contributed by atoms with Gasteiger partial charge >= 0.3 is 0 Å². The van der Waals surface area contributed by atoms with E-state index in [1.807, 2.05) is 55.1 Å². The first-order valence-corrected chi connectivity index (χ1v) is 9.57. The summed E-state index contributed by atoms with van der Waals surface area (Å²) in [6, 6.07) is 13.0. The van der Waals surface area contributed by atoms with E-state index in [2.05, 4.69) is 4.72 Å². The summed E-state index contributed by atoms with van der Waals surface area (Å²) in [5.41, 5.74) is 3.26. The van der Waals surface area contributed by atoms with Crippen LogP contribution in [0.2, 0.25) is 0 Å². The van der Waals surface area contributed by atoms with Crippen LogP contribution >= 0.6 is 0 Å². The largest absolute Gasteiger partial charge is 0.387 e. The minimum absolute atomic E-state index is 0.0796. The smallest absolute Gasteiger partial charge is 0.240 e. The molecule has 3 rings (SSSR count). The molecule has 0 saturated carbocycles. The van der Waals surface area contributed by atoms with Gasteiger partial charge in [0.05, 0.1) is 11.0 Å². The van der Waals surface area contributed by atoms with Crippen molar-refractivity contribution in [2.45, 2.75) is 24.8 Å². The van der Waals surface area contributed by atoms with E-state index in [0.29, 0.717) is 11.1 Å². The zero-order chi connectivity index (χ0) is 18.2. The highest BCUT2D eigenvalue weighted by Crippen LogP contribution is 2.26. The number of rotatable bonds is 5. The maximum atomic E-state index is 12.6. The third-order valence-electron chi connectivity index (χ3n) is 4.39. The van der Waals surface area contributed by atoms with E-state index in [1.165, 1.54) is 0 Å². The number of hydrogen-bond donors (Lipinski definition) is 2. The molecule has 0 bridgehead atoms. The Morgan fingerprint density at radius 3 is 2.64 bits per heavy atom. The third-order valence-corrected chi connectivity index (χ3v) is 5.95. The van der Waals surface area contributed by atoms with Crippen LogP contribution in [0.3, 0.4) is 0 Å². The Bertz CT molecular complexity index is 1020. The van der Waals surface area contributed by atoms with Gasteiger partial charge in [-0.15, -0.1) is 0 Å². The first-order chi connectivity index (χ1) is 11.8. The number of aryl methyl sites for hydroxylation is 3. The lowest BCUT2D eigenvalue weighted by molar-refractivity contribution is 0.183. The van der Waals surface area contributed by atoms with Gasteiger partial charge in [-0.3, -0.25) is 0 Å². The van der Waals surface area contributed by atoms with E-state index in [0.717, 1.165) is 16.5 Å². The molecule has 0 radical (unpaired) electrons. The fourth-order valence-electron chi connectivity index (χ4n) is 3.01. The third kappa shape index (κ3) is 3.46. The molecule has 2 aromatic carbocycles. The molecule has 0 fully saturated rings. The summed E-state index contributed by atoms with van der Waals surface area (Å²) in [5.74, 6) is 0. The van der Waals surface area contributed by atoms with Crippen molar-refractivity contribution in [3.05, 3.63) is 65.4 Å². The van der Waals surface area contributed by atoms with Crippen LogP contribution in [0.25, 0.3) is 10.9 Å². The van der Waals surface area contributed by atoms with Crippen LogP contribution in [-0.4, -0.2) is 24.6 Å². The standard InChI is InChI=1S/C19H22N2O3S/c1-13-8-9-14(2)19(10-13)25(23,24)20-11-18(22)16-12-21(3)17-7-5-4-6-15(16)17/h4-10,12,18,20,22H,11H2,1-3H3. The Morgan fingerprint density at radius 2 is 1.88 bits per heavy atom. The first-order valence-electron chi connectivity index (χ1n) is 8.08. The molecule has 0 aliphatic carbocycles. The van der Waals surface area contributed by atoms with Gasteiger partial charge in [-0.1, -0.05) is 30.3 Å². The molecule has 6 heteroatoms. The number of nitrogens with zero attached hydrogens (tertiary/aromatic N) is 1. The topological polar surface area (TPSA) is 71.3 Å². The van der Waals surface area contributed by atoms with Crippen LogP contribution in [-0.2, 0) is 17.1 Å². The number of aromatic nitrogens is 1. The zero-order valence-corrected chi connectivity index (χ0v) is 15.3. The van der Waals surface area contributed by atoms with Crippen molar-refractivity contribution in [3.8, 4) is 0 Å². The quantitative estimate of drug-likeness (QED) is 0.737. The van der Waals surface area contributed by atoms with Gasteiger partial charge in [-0.2, -0.15) is 0 Å². The summed E-state index contributed by atoms with van der Waals surface area (Å²) in [4.78, 5) is 0.248. The lowest BCUT2D eigenvalue weighted by atomic mass is 10.1. The van der Waals surface area contributed by atoms with Crippen LogP contribution < -0.4 is 4.72 Å². The van der Waals surface area contributed by atoms with Gasteiger partial charge in [-0.05, 0) is 37.1 Å². The molecule has 0 saturated heterocycles. The Labute approximate surface area is 148 Å². The number of benzene rings is 2. The van der Waals surface area contributed by atoms with E-state index in [9.17, 15) is 13.5 Å². The molecule has 0 spiro atoms. The van der Waals surface area contributed by atoms with Crippen molar-refractivity contribution in [2.75, 3.05) is 6.54 Å².